The molecule has 26 heavy (non-hydrogen) atoms. The lowest BCUT2D eigenvalue weighted by Crippen LogP contribution is -2.56. The smallest absolute Gasteiger partial charge is 0.328 e. The first-order valence-electron chi connectivity index (χ1n) is 9.89. The Labute approximate surface area is 157 Å². The Morgan fingerprint density at radius 1 is 0.923 bits per heavy atom. The number of ether oxygens (including phenoxy) is 1. The third-order valence-corrected chi connectivity index (χ3v) is 5.46. The fourth-order valence-electron chi connectivity index (χ4n) is 3.51. The molecule has 1 saturated carbocycles. The zero-order valence-corrected chi connectivity index (χ0v) is 17.1. The topological polar surface area (TPSA) is 84.5 Å². The van der Waals surface area contributed by atoms with Crippen molar-refractivity contribution in [2.45, 2.75) is 78.8 Å². The van der Waals surface area contributed by atoms with Gasteiger partial charge < -0.3 is 15.4 Å². The molecular weight excluding hydrogens is 332 g/mol. The van der Waals surface area contributed by atoms with Gasteiger partial charge in [0.15, 0.2) is 0 Å². The molecule has 2 N–H and O–H groups in total. The molecule has 6 heteroatoms. The molecule has 1 aliphatic carbocycles. The van der Waals surface area contributed by atoms with Crippen molar-refractivity contribution >= 4 is 17.8 Å². The van der Waals surface area contributed by atoms with Crippen LogP contribution in [-0.2, 0) is 19.1 Å². The van der Waals surface area contributed by atoms with Crippen LogP contribution in [0.5, 0.6) is 0 Å². The summed E-state index contributed by atoms with van der Waals surface area (Å²) >= 11 is 0. The second-order valence-electron chi connectivity index (χ2n) is 8.11. The summed E-state index contributed by atoms with van der Waals surface area (Å²) in [5.74, 6) is -0.327. The first kappa shape index (κ1) is 22.5. The van der Waals surface area contributed by atoms with Crippen LogP contribution in [0.1, 0.15) is 66.7 Å². The Morgan fingerprint density at radius 2 is 1.46 bits per heavy atom. The van der Waals surface area contributed by atoms with Crippen LogP contribution in [-0.4, -0.2) is 37.0 Å². The highest BCUT2D eigenvalue weighted by Crippen LogP contribution is 2.30. The van der Waals surface area contributed by atoms with E-state index in [1.165, 1.54) is 7.11 Å². The molecule has 2 atom stereocenters. The molecular formula is C20H36N2O4. The van der Waals surface area contributed by atoms with E-state index in [9.17, 15) is 14.4 Å². The van der Waals surface area contributed by atoms with Gasteiger partial charge in [0.25, 0.3) is 0 Å². The SMILES string of the molecule is CCC1CCC(C(=O)NC(C(=O)NC(C(=O)OC)C(C)C)C(C)C)CC1. The predicted molar refractivity (Wildman–Crippen MR) is 101 cm³/mol. The van der Waals surface area contributed by atoms with E-state index in [4.69, 9.17) is 4.74 Å². The summed E-state index contributed by atoms with van der Waals surface area (Å²) in [5, 5.41) is 5.66. The average molecular weight is 369 g/mol. The molecule has 0 saturated heterocycles. The first-order chi connectivity index (χ1) is 12.2. The number of hydrogen-bond donors (Lipinski definition) is 2. The highest BCUT2D eigenvalue weighted by atomic mass is 16.5. The Kier molecular flexibility index (Phi) is 9.09. The van der Waals surface area contributed by atoms with E-state index in [-0.39, 0.29) is 29.6 Å². The fourth-order valence-corrected chi connectivity index (χ4v) is 3.51. The fraction of sp³-hybridized carbons (Fsp3) is 0.850. The average Bonchev–Trinajstić information content (AvgIpc) is 2.62. The summed E-state index contributed by atoms with van der Waals surface area (Å²) in [6.07, 6.45) is 5.08. The molecule has 2 unspecified atom stereocenters. The molecule has 0 bridgehead atoms. The van der Waals surface area contributed by atoms with Crippen molar-refractivity contribution in [2.24, 2.45) is 23.7 Å². The van der Waals surface area contributed by atoms with Gasteiger partial charge in [-0.3, -0.25) is 9.59 Å². The third kappa shape index (κ3) is 6.29. The highest BCUT2D eigenvalue weighted by Gasteiger charge is 2.33. The van der Waals surface area contributed by atoms with Gasteiger partial charge in [-0.2, -0.15) is 0 Å². The number of amides is 2. The zero-order chi connectivity index (χ0) is 19.9. The van der Waals surface area contributed by atoms with Crippen molar-refractivity contribution in [3.05, 3.63) is 0 Å². The van der Waals surface area contributed by atoms with Gasteiger partial charge in [0, 0.05) is 5.92 Å². The van der Waals surface area contributed by atoms with Crippen molar-refractivity contribution in [3.63, 3.8) is 0 Å². The van der Waals surface area contributed by atoms with Crippen LogP contribution in [0.15, 0.2) is 0 Å². The normalized spacial score (nSPS) is 22.6. The summed E-state index contributed by atoms with van der Waals surface area (Å²) < 4.78 is 4.77. The van der Waals surface area contributed by atoms with E-state index in [1.807, 2.05) is 27.7 Å². The van der Waals surface area contributed by atoms with E-state index >= 15 is 0 Å². The molecule has 0 aromatic carbocycles. The highest BCUT2D eigenvalue weighted by molar-refractivity contribution is 5.91. The Hall–Kier alpha value is -1.59. The van der Waals surface area contributed by atoms with Crippen LogP contribution in [0.4, 0.5) is 0 Å². The van der Waals surface area contributed by atoms with Crippen molar-refractivity contribution in [3.8, 4) is 0 Å². The Bertz CT molecular complexity index is 482. The zero-order valence-electron chi connectivity index (χ0n) is 17.1. The summed E-state index contributed by atoms with van der Waals surface area (Å²) in [5.41, 5.74) is 0. The quantitative estimate of drug-likeness (QED) is 0.645. The van der Waals surface area contributed by atoms with Crippen LogP contribution < -0.4 is 10.6 Å². The van der Waals surface area contributed by atoms with Gasteiger partial charge in [0.2, 0.25) is 11.8 Å². The van der Waals surface area contributed by atoms with Crippen LogP contribution in [0.3, 0.4) is 0 Å². The van der Waals surface area contributed by atoms with Crippen molar-refractivity contribution in [2.75, 3.05) is 7.11 Å². The van der Waals surface area contributed by atoms with Crippen LogP contribution >= 0.6 is 0 Å². The molecule has 0 spiro atoms. The van der Waals surface area contributed by atoms with Gasteiger partial charge in [-0.25, -0.2) is 4.79 Å². The number of carbonyl (C=O) groups is 3. The van der Waals surface area contributed by atoms with Gasteiger partial charge >= 0.3 is 5.97 Å². The van der Waals surface area contributed by atoms with Crippen LogP contribution in [0, 0.1) is 23.7 Å². The molecule has 6 nitrogen and oxygen atoms in total. The largest absolute Gasteiger partial charge is 0.467 e. The minimum Gasteiger partial charge on any atom is -0.467 e. The molecule has 0 aromatic heterocycles. The second kappa shape index (κ2) is 10.5. The molecule has 0 aromatic rings. The van der Waals surface area contributed by atoms with Crippen molar-refractivity contribution in [1.29, 1.82) is 0 Å². The summed E-state index contributed by atoms with van der Waals surface area (Å²) in [6, 6.07) is -1.37. The molecule has 1 rings (SSSR count). The molecule has 0 heterocycles. The van der Waals surface area contributed by atoms with Gasteiger partial charge in [-0.05, 0) is 43.4 Å². The summed E-state index contributed by atoms with van der Waals surface area (Å²) in [6.45, 7) is 9.66. The van der Waals surface area contributed by atoms with Crippen LogP contribution in [0.25, 0.3) is 0 Å². The Balaban J connectivity index is 2.71. The minimum absolute atomic E-state index is 0.0200. The van der Waals surface area contributed by atoms with E-state index in [2.05, 4.69) is 17.6 Å². The monoisotopic (exact) mass is 368 g/mol. The standard InChI is InChI=1S/C20H36N2O4/c1-7-14-8-10-15(11-9-14)18(23)21-16(12(2)3)19(24)22-17(13(4)5)20(25)26-6/h12-17H,7-11H2,1-6H3,(H,21,23)(H,22,24). The van der Waals surface area contributed by atoms with Gasteiger partial charge in [-0.15, -0.1) is 0 Å². The lowest BCUT2D eigenvalue weighted by atomic mass is 9.80. The lowest BCUT2D eigenvalue weighted by Gasteiger charge is -2.30. The molecule has 1 fully saturated rings. The third-order valence-electron chi connectivity index (χ3n) is 5.46. The molecule has 1 aliphatic rings. The lowest BCUT2D eigenvalue weighted by molar-refractivity contribution is -0.147. The first-order valence-corrected chi connectivity index (χ1v) is 9.89. The van der Waals surface area contributed by atoms with Gasteiger partial charge in [0.05, 0.1) is 7.11 Å². The number of methoxy groups -OCH3 is 1. The number of rotatable bonds is 8. The predicted octanol–water partition coefficient (Wildman–Crippen LogP) is 2.66. The summed E-state index contributed by atoms with van der Waals surface area (Å²) in [4.78, 5) is 37.2. The van der Waals surface area contributed by atoms with Crippen LogP contribution in [0.2, 0.25) is 0 Å². The molecule has 150 valence electrons. The number of nitrogens with one attached hydrogen (secondary N) is 2. The number of hydrogen-bond acceptors (Lipinski definition) is 4. The molecule has 0 radical (unpaired) electrons. The van der Waals surface area contributed by atoms with Crippen molar-refractivity contribution < 1.29 is 19.1 Å². The number of esters is 1. The van der Waals surface area contributed by atoms with E-state index in [1.54, 1.807) is 0 Å². The van der Waals surface area contributed by atoms with E-state index in [0.29, 0.717) is 0 Å². The summed E-state index contributed by atoms with van der Waals surface area (Å²) in [7, 11) is 1.30. The van der Waals surface area contributed by atoms with Gasteiger partial charge in [-0.1, -0.05) is 41.0 Å². The maximum atomic E-state index is 12.7. The molecule has 0 aliphatic heterocycles. The van der Waals surface area contributed by atoms with E-state index < -0.39 is 18.1 Å². The maximum absolute atomic E-state index is 12.7. The molecule has 2 amide bonds. The number of carbonyl (C=O) groups excluding carboxylic acids is 3. The van der Waals surface area contributed by atoms with Crippen molar-refractivity contribution in [1.82, 2.24) is 10.6 Å². The minimum atomic E-state index is -0.717. The van der Waals surface area contributed by atoms with Gasteiger partial charge in [0.1, 0.15) is 12.1 Å². The Morgan fingerprint density at radius 3 is 1.88 bits per heavy atom. The maximum Gasteiger partial charge on any atom is 0.328 e. The van der Waals surface area contributed by atoms with E-state index in [0.717, 1.165) is 38.0 Å². The second-order valence-corrected chi connectivity index (χ2v) is 8.11.